The van der Waals surface area contributed by atoms with Gasteiger partial charge >= 0.3 is 0 Å². The Morgan fingerprint density at radius 2 is 0.864 bits per heavy atom. The second kappa shape index (κ2) is 11.3. The van der Waals surface area contributed by atoms with E-state index in [-0.39, 0.29) is 11.3 Å². The third-order valence-corrected chi connectivity index (χ3v) is 13.5. The van der Waals surface area contributed by atoms with Gasteiger partial charge in [-0.25, -0.2) is 4.89 Å². The van der Waals surface area contributed by atoms with Crippen LogP contribution in [-0.2, 0) is 0 Å². The lowest BCUT2D eigenvalue weighted by atomic mass is 9.85. The molecular weight excluding hydrogens is 551 g/mol. The fourth-order valence-corrected chi connectivity index (χ4v) is 10.1. The summed E-state index contributed by atoms with van der Waals surface area (Å²) in [4.78, 5) is 11.9. The van der Waals surface area contributed by atoms with E-state index in [0.717, 1.165) is 16.4 Å². The minimum absolute atomic E-state index is 0.211. The summed E-state index contributed by atoms with van der Waals surface area (Å²) in [7, 11) is -2.30. The first-order valence-electron chi connectivity index (χ1n) is 15.6. The van der Waals surface area contributed by atoms with Gasteiger partial charge in [-0.05, 0) is 118 Å². The lowest BCUT2D eigenvalue weighted by Crippen LogP contribution is -2.25. The van der Waals surface area contributed by atoms with Crippen LogP contribution in [0.5, 0.6) is 0 Å². The van der Waals surface area contributed by atoms with Crippen LogP contribution in [0.15, 0.2) is 140 Å². The summed E-state index contributed by atoms with van der Waals surface area (Å²) in [5, 5.41) is 8.60. The number of fused-ring (bicyclic) bond motifs is 3. The van der Waals surface area contributed by atoms with Crippen LogP contribution in [0.1, 0.15) is 27.7 Å². The van der Waals surface area contributed by atoms with Crippen molar-refractivity contribution in [3.63, 3.8) is 0 Å². The SMILES string of the molecule is CC(C)[P+](O)(c1cccc(-c2cccc(-c3c4ccccc4c(-c4ccc5ccccc5c4)c4ccccc34)c2)c1)C(C)C. The molecule has 7 rings (SSSR count). The zero-order chi connectivity index (χ0) is 30.4. The van der Waals surface area contributed by atoms with Crippen molar-refractivity contribution < 1.29 is 4.89 Å². The predicted molar refractivity (Wildman–Crippen MR) is 194 cm³/mol. The molecule has 0 aliphatic heterocycles. The molecule has 0 unspecified atom stereocenters. The van der Waals surface area contributed by atoms with E-state index in [1.807, 2.05) is 0 Å². The smallest absolute Gasteiger partial charge is 0.178 e. The van der Waals surface area contributed by atoms with Gasteiger partial charge in [-0.2, -0.15) is 0 Å². The molecule has 0 bridgehead atoms. The third-order valence-electron chi connectivity index (χ3n) is 9.29. The van der Waals surface area contributed by atoms with E-state index in [1.54, 1.807) is 0 Å². The van der Waals surface area contributed by atoms with Crippen molar-refractivity contribution in [1.29, 1.82) is 0 Å². The second-order valence-electron chi connectivity index (χ2n) is 12.5. The van der Waals surface area contributed by atoms with Crippen LogP contribution in [0.25, 0.3) is 65.7 Å². The van der Waals surface area contributed by atoms with Crippen LogP contribution in [0.2, 0.25) is 0 Å². The van der Waals surface area contributed by atoms with E-state index in [1.165, 1.54) is 54.6 Å². The molecule has 0 aliphatic rings. The summed E-state index contributed by atoms with van der Waals surface area (Å²) in [5.41, 5.74) is 7.70. The Labute approximate surface area is 261 Å². The normalized spacial score (nSPS) is 12.2. The van der Waals surface area contributed by atoms with Crippen molar-refractivity contribution in [2.45, 2.75) is 39.0 Å². The molecule has 0 radical (unpaired) electrons. The van der Waals surface area contributed by atoms with Gasteiger partial charge in [0, 0.05) is 0 Å². The van der Waals surface area contributed by atoms with E-state index in [9.17, 15) is 4.89 Å². The largest absolute Gasteiger partial charge is 0.246 e. The van der Waals surface area contributed by atoms with Gasteiger partial charge in [-0.3, -0.25) is 0 Å². The topological polar surface area (TPSA) is 20.2 Å². The van der Waals surface area contributed by atoms with Gasteiger partial charge in [0.15, 0.2) is 7.49 Å². The summed E-state index contributed by atoms with van der Waals surface area (Å²) in [6, 6.07) is 50.7. The zero-order valence-corrected chi connectivity index (χ0v) is 26.7. The van der Waals surface area contributed by atoms with E-state index in [0.29, 0.717) is 0 Å². The Morgan fingerprint density at radius 1 is 0.409 bits per heavy atom. The maximum absolute atomic E-state index is 11.9. The molecule has 7 aromatic rings. The quantitative estimate of drug-likeness (QED) is 0.151. The molecule has 0 fully saturated rings. The van der Waals surface area contributed by atoms with Crippen LogP contribution in [0.3, 0.4) is 0 Å². The molecule has 44 heavy (non-hydrogen) atoms. The molecule has 0 aromatic heterocycles. The van der Waals surface area contributed by atoms with E-state index in [2.05, 4.69) is 167 Å². The van der Waals surface area contributed by atoms with Gasteiger partial charge in [0.2, 0.25) is 0 Å². The first-order valence-corrected chi connectivity index (χ1v) is 17.5. The number of hydrogen-bond donors (Lipinski definition) is 1. The Morgan fingerprint density at radius 3 is 1.43 bits per heavy atom. The molecule has 0 heterocycles. The lowest BCUT2D eigenvalue weighted by molar-refractivity contribution is 0.585. The zero-order valence-electron chi connectivity index (χ0n) is 25.8. The molecular formula is C42H38OP+. The van der Waals surface area contributed by atoms with E-state index >= 15 is 0 Å². The van der Waals surface area contributed by atoms with E-state index in [4.69, 9.17) is 0 Å². The fourth-order valence-electron chi connectivity index (χ4n) is 7.05. The van der Waals surface area contributed by atoms with Crippen molar-refractivity contribution in [3.05, 3.63) is 140 Å². The van der Waals surface area contributed by atoms with Gasteiger partial charge in [-0.15, -0.1) is 0 Å². The predicted octanol–water partition coefficient (Wildman–Crippen LogP) is 11.5. The maximum atomic E-state index is 11.9. The Bertz CT molecular complexity index is 2090. The van der Waals surface area contributed by atoms with Crippen LogP contribution in [0.4, 0.5) is 0 Å². The average molecular weight is 590 g/mol. The molecule has 0 spiro atoms. The molecule has 1 N–H and O–H groups in total. The van der Waals surface area contributed by atoms with Crippen molar-refractivity contribution in [2.75, 3.05) is 0 Å². The Hall–Kier alpha value is -4.29. The molecule has 0 aliphatic carbocycles. The molecule has 0 saturated carbocycles. The summed E-state index contributed by atoms with van der Waals surface area (Å²) >= 11 is 0. The van der Waals surface area contributed by atoms with Crippen LogP contribution >= 0.6 is 7.49 Å². The van der Waals surface area contributed by atoms with Crippen LogP contribution < -0.4 is 5.30 Å². The first kappa shape index (κ1) is 28.5. The van der Waals surface area contributed by atoms with Gasteiger partial charge in [0.1, 0.15) is 5.30 Å². The summed E-state index contributed by atoms with van der Waals surface area (Å²) in [6.07, 6.45) is 0. The highest BCUT2D eigenvalue weighted by Gasteiger charge is 2.45. The van der Waals surface area contributed by atoms with Gasteiger partial charge in [-0.1, -0.05) is 115 Å². The molecule has 0 atom stereocenters. The molecule has 2 heteroatoms. The number of hydrogen-bond acceptors (Lipinski definition) is 1. The standard InChI is InChI=1S/C42H38OP/c1-28(2)44(43,29(3)4)36-18-12-16-33(27-36)32-15-11-17-34(26-32)41-37-19-7-9-21-39(37)42(40-22-10-8-20-38(40)41)35-24-23-30-13-5-6-14-31(30)25-35/h5-29,43H,1-4H3/q+1. The number of rotatable bonds is 6. The molecule has 0 amide bonds. The van der Waals surface area contributed by atoms with E-state index < -0.39 is 7.49 Å². The molecule has 216 valence electrons. The average Bonchev–Trinajstić information content (AvgIpc) is 3.06. The third kappa shape index (κ3) is 4.72. The monoisotopic (exact) mass is 589 g/mol. The van der Waals surface area contributed by atoms with Gasteiger partial charge in [0.25, 0.3) is 0 Å². The fraction of sp³-hybridized carbons (Fsp3) is 0.143. The highest BCUT2D eigenvalue weighted by atomic mass is 31.2. The summed E-state index contributed by atoms with van der Waals surface area (Å²) in [6.45, 7) is 8.61. The first-order chi connectivity index (χ1) is 21.4. The minimum atomic E-state index is -2.30. The number of benzene rings is 7. The molecule has 0 saturated heterocycles. The van der Waals surface area contributed by atoms with Crippen molar-refractivity contribution >= 4 is 45.1 Å². The van der Waals surface area contributed by atoms with Crippen LogP contribution in [0, 0.1) is 0 Å². The summed E-state index contributed by atoms with van der Waals surface area (Å²) < 4.78 is 0. The second-order valence-corrected chi connectivity index (χ2v) is 16.5. The van der Waals surface area contributed by atoms with Gasteiger partial charge in [0.05, 0.1) is 11.3 Å². The molecule has 7 aromatic carbocycles. The minimum Gasteiger partial charge on any atom is -0.246 e. The lowest BCUT2D eigenvalue weighted by Gasteiger charge is -2.28. The van der Waals surface area contributed by atoms with Crippen molar-refractivity contribution in [3.8, 4) is 33.4 Å². The van der Waals surface area contributed by atoms with Gasteiger partial charge < -0.3 is 0 Å². The Balaban J connectivity index is 1.44. The molecule has 1 nitrogen and oxygen atoms in total. The highest BCUT2D eigenvalue weighted by molar-refractivity contribution is 7.78. The maximum Gasteiger partial charge on any atom is 0.178 e. The van der Waals surface area contributed by atoms with Crippen molar-refractivity contribution in [2.24, 2.45) is 0 Å². The summed E-state index contributed by atoms with van der Waals surface area (Å²) in [5.74, 6) is 0. The van der Waals surface area contributed by atoms with Crippen LogP contribution in [-0.4, -0.2) is 16.2 Å². The highest BCUT2D eigenvalue weighted by Crippen LogP contribution is 2.62. The van der Waals surface area contributed by atoms with Crippen molar-refractivity contribution in [1.82, 2.24) is 0 Å². The Kier molecular flexibility index (Phi) is 7.33.